The van der Waals surface area contributed by atoms with E-state index in [4.69, 9.17) is 11.6 Å². The van der Waals surface area contributed by atoms with Gasteiger partial charge in [0.1, 0.15) is 66.5 Å². The van der Waals surface area contributed by atoms with Crippen molar-refractivity contribution >= 4 is 82.5 Å². The number of nitrogens with zero attached hydrogens (tertiary/aromatic N) is 6. The summed E-state index contributed by atoms with van der Waals surface area (Å²) in [5.41, 5.74) is 1.16. The van der Waals surface area contributed by atoms with Gasteiger partial charge >= 0.3 is 0 Å². The highest BCUT2D eigenvalue weighted by molar-refractivity contribution is 6.30. The van der Waals surface area contributed by atoms with E-state index in [1.165, 1.54) is 77.8 Å². The number of amides is 12. The average molecular weight is 1380 g/mol. The molecule has 0 bridgehead atoms. The lowest BCUT2D eigenvalue weighted by Gasteiger charge is -2.37. The molecule has 7 N–H and O–H groups in total. The van der Waals surface area contributed by atoms with Gasteiger partial charge in [0.25, 0.3) is 0 Å². The van der Waals surface area contributed by atoms with E-state index in [9.17, 15) is 57.8 Å². The summed E-state index contributed by atoms with van der Waals surface area (Å²) in [6.45, 7) is 25.2. The third-order valence-electron chi connectivity index (χ3n) is 18.1. The van der Waals surface area contributed by atoms with Gasteiger partial charge in [-0.2, -0.15) is 0 Å². The molecule has 12 amide bonds. The van der Waals surface area contributed by atoms with E-state index in [1.54, 1.807) is 75.4 Å². The fourth-order valence-corrected chi connectivity index (χ4v) is 12.1. The van der Waals surface area contributed by atoms with Crippen LogP contribution in [0.5, 0.6) is 0 Å². The van der Waals surface area contributed by atoms with E-state index in [0.717, 1.165) is 14.7 Å². The summed E-state index contributed by atoms with van der Waals surface area (Å²) >= 11 is 6.40. The molecule has 26 heteroatoms. The number of likely N-dealkylation sites (N-methyl/N-ethyl adjacent to an activating group) is 6. The smallest absolute Gasteiger partial charge is 0.248 e. The van der Waals surface area contributed by atoms with Crippen molar-refractivity contribution in [1.82, 2.24) is 61.3 Å². The van der Waals surface area contributed by atoms with Gasteiger partial charge in [-0.25, -0.2) is 0 Å². The topological polar surface area (TPSA) is 317 Å². The van der Waals surface area contributed by atoms with Crippen molar-refractivity contribution in [2.24, 2.45) is 35.5 Å². The van der Waals surface area contributed by atoms with Crippen LogP contribution in [0.2, 0.25) is 5.02 Å². The molecular formula is C71H113ClN12O13. The predicted molar refractivity (Wildman–Crippen MR) is 372 cm³/mol. The van der Waals surface area contributed by atoms with Crippen molar-refractivity contribution in [1.29, 1.82) is 0 Å². The van der Waals surface area contributed by atoms with Crippen LogP contribution in [0.3, 0.4) is 0 Å². The second-order valence-electron chi connectivity index (χ2n) is 28.4. The van der Waals surface area contributed by atoms with E-state index in [0.29, 0.717) is 22.6 Å². The van der Waals surface area contributed by atoms with Crippen LogP contribution in [-0.4, -0.2) is 227 Å². The second-order valence-corrected chi connectivity index (χ2v) is 28.8. The highest BCUT2D eigenvalue weighted by Gasteiger charge is 2.43. The summed E-state index contributed by atoms with van der Waals surface area (Å²) < 4.78 is 0. The molecule has 2 aromatic carbocycles. The molecule has 542 valence electrons. The number of carbonyl (C=O) groups excluding carboxylic acids is 12. The summed E-state index contributed by atoms with van der Waals surface area (Å²) in [5.74, 6) is -10.7. The number of halogens is 1. The Balaban J connectivity index is 2.32. The number of aliphatic hydroxyl groups is 1. The Morgan fingerprint density at radius 1 is 0.454 bits per heavy atom. The molecule has 1 aliphatic heterocycles. The molecule has 0 aromatic heterocycles. The van der Waals surface area contributed by atoms with Gasteiger partial charge in [0.2, 0.25) is 70.9 Å². The normalized spacial score (nSPS) is 25.8. The molecule has 2 aromatic rings. The summed E-state index contributed by atoms with van der Waals surface area (Å²) in [5, 5.41) is 28.2. The maximum absolute atomic E-state index is 15.2. The molecule has 1 heterocycles. The molecule has 0 radical (unpaired) electrons. The van der Waals surface area contributed by atoms with Crippen LogP contribution in [0.1, 0.15) is 147 Å². The monoisotopic (exact) mass is 1380 g/mol. The Morgan fingerprint density at radius 2 is 0.907 bits per heavy atom. The highest BCUT2D eigenvalue weighted by atomic mass is 35.5. The van der Waals surface area contributed by atoms with Gasteiger partial charge in [-0.05, 0) is 105 Å². The van der Waals surface area contributed by atoms with Crippen LogP contribution in [0.15, 0.2) is 54.6 Å². The maximum Gasteiger partial charge on any atom is 0.248 e. The first-order chi connectivity index (χ1) is 45.2. The first-order valence-electron chi connectivity index (χ1n) is 34.0. The first-order valence-corrected chi connectivity index (χ1v) is 34.4. The third-order valence-corrected chi connectivity index (χ3v) is 18.3. The van der Waals surface area contributed by atoms with E-state index >= 15 is 4.79 Å². The van der Waals surface area contributed by atoms with Gasteiger partial charge in [-0.15, -0.1) is 0 Å². The lowest BCUT2D eigenvalue weighted by atomic mass is 9.94. The van der Waals surface area contributed by atoms with Gasteiger partial charge < -0.3 is 66.4 Å². The van der Waals surface area contributed by atoms with Crippen molar-refractivity contribution in [3.8, 4) is 0 Å². The molecule has 1 saturated heterocycles. The zero-order chi connectivity index (χ0) is 73.8. The number of aliphatic hydroxyl groups excluding tert-OH is 1. The molecule has 25 nitrogen and oxygen atoms in total. The Kier molecular flexibility index (Phi) is 33.1. The van der Waals surface area contributed by atoms with E-state index in [2.05, 4.69) is 31.9 Å². The lowest BCUT2D eigenvalue weighted by molar-refractivity contribution is -0.149. The number of rotatable bonds is 16. The molecule has 3 rings (SSSR count). The molecular weight excluding hydrogens is 1260 g/mol. The number of carbonyl (C=O) groups is 12. The Bertz CT molecular complexity index is 3040. The van der Waals surface area contributed by atoms with Crippen LogP contribution in [0, 0.1) is 35.5 Å². The van der Waals surface area contributed by atoms with Gasteiger partial charge in [0.05, 0.1) is 12.6 Å². The molecule has 1 fully saturated rings. The fourth-order valence-electron chi connectivity index (χ4n) is 11.9. The maximum atomic E-state index is 15.2. The quantitative estimate of drug-likeness (QED) is 0.125. The number of hydrogen-bond donors (Lipinski definition) is 7. The predicted octanol–water partition coefficient (Wildman–Crippen LogP) is 3.95. The van der Waals surface area contributed by atoms with Crippen molar-refractivity contribution < 1.29 is 62.6 Å². The molecule has 0 aliphatic carbocycles. The Labute approximate surface area is 580 Å². The standard InChI is InChI=1S/C71H113ClN12O13/c1-22-44(12)60-66(92)73-38-57(86)80(17)56(37-49-29-26-30-50(72)35-49)65(91)78-59(47(15)85)71(97)83(20)54(33-41(6)7)62(88)75-51(31-39(2)3)61(87)74-45(13)67(93)79(16)46(14)68(94)81(18)53(32-40(4)5)63(89)76-52(36-48-27-24-23-25-28-48)69(95)82(19)55(34-42(8)9)64(90)77-58(43(10)11)70(96)84(60)21/h23-30,35,39-47,51-56,58-60,85H,22,31-34,36-38H2,1-21H3,(H,73,92)(H,74,87)(H,75,88)(H,76,89)(H,77,90)(H,78,91)/t44-,45-,46+,47+,51-,52-,53-,54-,55?,56-,58?,59-,60-/m0/s1. The zero-order valence-corrected chi connectivity index (χ0v) is 61.9. The molecule has 0 spiro atoms. The minimum atomic E-state index is -1.71. The molecule has 0 saturated carbocycles. The van der Waals surface area contributed by atoms with Crippen LogP contribution < -0.4 is 31.9 Å². The van der Waals surface area contributed by atoms with E-state index in [-0.39, 0.29) is 62.2 Å². The highest BCUT2D eigenvalue weighted by Crippen LogP contribution is 2.23. The number of hydrogen-bond acceptors (Lipinski definition) is 13. The van der Waals surface area contributed by atoms with Gasteiger partial charge in [0, 0.05) is 60.2 Å². The molecule has 13 atom stereocenters. The minimum absolute atomic E-state index is 0.0335. The Hall–Kier alpha value is -7.67. The van der Waals surface area contributed by atoms with Crippen LogP contribution in [0.4, 0.5) is 0 Å². The van der Waals surface area contributed by atoms with Crippen LogP contribution in [-0.2, 0) is 70.4 Å². The number of benzene rings is 2. The van der Waals surface area contributed by atoms with Gasteiger partial charge in [-0.3, -0.25) is 57.5 Å². The first kappa shape index (κ1) is 83.6. The van der Waals surface area contributed by atoms with Crippen molar-refractivity contribution in [3.63, 3.8) is 0 Å². The summed E-state index contributed by atoms with van der Waals surface area (Å²) in [4.78, 5) is 184. The molecule has 97 heavy (non-hydrogen) atoms. The van der Waals surface area contributed by atoms with Crippen LogP contribution in [0.25, 0.3) is 0 Å². The van der Waals surface area contributed by atoms with E-state index in [1.807, 2.05) is 62.3 Å². The Morgan fingerprint density at radius 3 is 1.39 bits per heavy atom. The molecule has 1 aliphatic rings. The van der Waals surface area contributed by atoms with Gasteiger partial charge in [-0.1, -0.05) is 144 Å². The second kappa shape index (κ2) is 38.5. The SMILES string of the molecule is CC[C@H](C)[C@H]1C(=O)NCC(=O)N(C)[C@@H](Cc2cccc(Cl)c2)C(=O)N[C@@H]([C@@H](C)O)C(=O)N(C)[C@@H](CC(C)C)C(=O)N[C@@H](CC(C)C)C(=O)N[C@@H](C)C(=O)N(C)[C@H](C)C(=O)N(C)[C@@H](CC(C)C)C(=O)N[C@@H](Cc2ccccc2)C(=O)N(C)C(CC(C)C)C(=O)NC(C(C)C)C(=O)N1C. The number of nitrogens with one attached hydrogen (secondary N) is 6. The van der Waals surface area contributed by atoms with Crippen molar-refractivity contribution in [2.75, 3.05) is 48.8 Å². The summed E-state index contributed by atoms with van der Waals surface area (Å²) in [7, 11) is 8.31. The largest absolute Gasteiger partial charge is 0.391 e. The third kappa shape index (κ3) is 24.1. The average Bonchev–Trinajstić information content (AvgIpc) is 0.915. The molecule has 2 unspecified atom stereocenters. The minimum Gasteiger partial charge on any atom is -0.391 e. The van der Waals surface area contributed by atoms with E-state index < -0.39 is 162 Å². The zero-order valence-electron chi connectivity index (χ0n) is 61.2. The van der Waals surface area contributed by atoms with Crippen molar-refractivity contribution in [2.45, 2.75) is 221 Å². The summed E-state index contributed by atoms with van der Waals surface area (Å²) in [6, 6.07) is 1.06. The van der Waals surface area contributed by atoms with Gasteiger partial charge in [0.15, 0.2) is 0 Å². The van der Waals surface area contributed by atoms with Crippen molar-refractivity contribution in [3.05, 3.63) is 70.7 Å². The van der Waals surface area contributed by atoms with Crippen LogP contribution >= 0.6 is 11.6 Å². The fraction of sp³-hybridized carbons (Fsp3) is 0.662. The lowest BCUT2D eigenvalue weighted by Crippen LogP contribution is -2.62. The summed E-state index contributed by atoms with van der Waals surface area (Å²) in [6.07, 6.45) is -1.06.